The molecule has 1 rings (SSSR count). The molecule has 1 fully saturated rings. The van der Waals surface area contributed by atoms with E-state index >= 15 is 0 Å². The lowest BCUT2D eigenvalue weighted by Gasteiger charge is -2.25. The maximum atomic E-state index is 9.47. The van der Waals surface area contributed by atoms with Crippen LogP contribution in [0.1, 0.15) is 64.2 Å². The van der Waals surface area contributed by atoms with Crippen molar-refractivity contribution < 1.29 is 10.2 Å². The number of thioether (sulfide) groups is 1. The third kappa shape index (κ3) is 8.18. The second-order valence-electron chi connectivity index (χ2n) is 5.78. The highest BCUT2D eigenvalue weighted by atomic mass is 32.2. The molecule has 19 heavy (non-hydrogen) atoms. The molecule has 0 saturated heterocycles. The van der Waals surface area contributed by atoms with Gasteiger partial charge in [0.05, 0.1) is 12.7 Å². The maximum absolute atomic E-state index is 9.47. The number of aliphatic hydroxyl groups excluding tert-OH is 2. The van der Waals surface area contributed by atoms with Crippen LogP contribution >= 0.6 is 11.8 Å². The van der Waals surface area contributed by atoms with Gasteiger partial charge in [-0.15, -0.1) is 0 Å². The van der Waals surface area contributed by atoms with Crippen LogP contribution in [0, 0.1) is 0 Å². The van der Waals surface area contributed by atoms with E-state index in [0.29, 0.717) is 11.0 Å². The summed E-state index contributed by atoms with van der Waals surface area (Å²) in [5, 5.41) is 18.8. The molecule has 1 saturated carbocycles. The molecule has 0 aromatic rings. The fourth-order valence-corrected chi connectivity index (χ4v) is 3.97. The average molecular weight is 289 g/mol. The molecule has 0 aliphatic heterocycles. The highest BCUT2D eigenvalue weighted by Gasteiger charge is 2.19. The molecule has 3 nitrogen and oxygen atoms in total. The summed E-state index contributed by atoms with van der Waals surface area (Å²) >= 11 is 1.75. The minimum Gasteiger partial charge on any atom is -0.394 e. The van der Waals surface area contributed by atoms with Gasteiger partial charge in [0.25, 0.3) is 0 Å². The number of nitrogens with two attached hydrogens (primary N) is 1. The van der Waals surface area contributed by atoms with Crippen molar-refractivity contribution in [1.82, 2.24) is 0 Å². The molecule has 3 unspecified atom stereocenters. The van der Waals surface area contributed by atoms with E-state index in [1.807, 2.05) is 0 Å². The van der Waals surface area contributed by atoms with Gasteiger partial charge < -0.3 is 15.9 Å². The summed E-state index contributed by atoms with van der Waals surface area (Å²) in [6.07, 6.45) is 12.2. The molecule has 1 aliphatic carbocycles. The second-order valence-corrected chi connectivity index (χ2v) is 7.05. The van der Waals surface area contributed by atoms with Crippen LogP contribution in [0.5, 0.6) is 0 Å². The summed E-state index contributed by atoms with van der Waals surface area (Å²) < 4.78 is 0. The molecule has 0 bridgehead atoms. The maximum Gasteiger partial charge on any atom is 0.0861 e. The smallest absolute Gasteiger partial charge is 0.0861 e. The van der Waals surface area contributed by atoms with Gasteiger partial charge in [-0.25, -0.2) is 0 Å². The van der Waals surface area contributed by atoms with Gasteiger partial charge in [0.15, 0.2) is 0 Å². The quantitative estimate of drug-likeness (QED) is 0.744. The summed E-state index contributed by atoms with van der Waals surface area (Å²) in [5.41, 5.74) is 6.32. The van der Waals surface area contributed by atoms with Crippen molar-refractivity contribution in [2.45, 2.75) is 81.6 Å². The first-order chi connectivity index (χ1) is 9.24. The molecule has 0 radical (unpaired) electrons. The lowest BCUT2D eigenvalue weighted by Crippen LogP contribution is -2.34. The normalized spacial score (nSPS) is 29.2. The Bertz CT molecular complexity index is 216. The van der Waals surface area contributed by atoms with Crippen LogP contribution < -0.4 is 5.73 Å². The summed E-state index contributed by atoms with van der Waals surface area (Å²) in [7, 11) is 0. The fourth-order valence-electron chi connectivity index (χ4n) is 2.68. The van der Waals surface area contributed by atoms with E-state index in [1.165, 1.54) is 51.4 Å². The Kier molecular flexibility index (Phi) is 9.96. The van der Waals surface area contributed by atoms with Gasteiger partial charge in [-0.2, -0.15) is 11.8 Å². The van der Waals surface area contributed by atoms with Crippen molar-refractivity contribution in [3.05, 3.63) is 0 Å². The lowest BCUT2D eigenvalue weighted by atomic mass is 9.98. The Balaban J connectivity index is 2.37. The molecule has 0 amide bonds. The van der Waals surface area contributed by atoms with E-state index in [2.05, 4.69) is 0 Å². The van der Waals surface area contributed by atoms with Crippen LogP contribution in [0.3, 0.4) is 0 Å². The van der Waals surface area contributed by atoms with Gasteiger partial charge in [-0.3, -0.25) is 0 Å². The molecular weight excluding hydrogens is 258 g/mol. The van der Waals surface area contributed by atoms with Crippen molar-refractivity contribution in [2.24, 2.45) is 5.73 Å². The second kappa shape index (κ2) is 11.0. The van der Waals surface area contributed by atoms with Crippen molar-refractivity contribution >= 4 is 11.8 Å². The van der Waals surface area contributed by atoms with Gasteiger partial charge in [0, 0.05) is 17.0 Å². The molecule has 0 aromatic carbocycles. The summed E-state index contributed by atoms with van der Waals surface area (Å²) in [4.78, 5) is 0. The number of aliphatic hydroxyl groups is 2. The van der Waals surface area contributed by atoms with Crippen LogP contribution in [0.4, 0.5) is 0 Å². The first-order valence-corrected chi connectivity index (χ1v) is 8.95. The van der Waals surface area contributed by atoms with Crippen LogP contribution in [-0.2, 0) is 0 Å². The van der Waals surface area contributed by atoms with Gasteiger partial charge in [0.2, 0.25) is 0 Å². The number of hydrogen-bond acceptors (Lipinski definition) is 4. The number of hydrogen-bond donors (Lipinski definition) is 3. The predicted octanol–water partition coefficient (Wildman–Crippen LogP) is 2.68. The molecule has 3 atom stereocenters. The minimum atomic E-state index is -0.599. The van der Waals surface area contributed by atoms with Crippen molar-refractivity contribution in [3.8, 4) is 0 Å². The summed E-state index contributed by atoms with van der Waals surface area (Å²) in [6.45, 7) is -0.144. The largest absolute Gasteiger partial charge is 0.394 e. The van der Waals surface area contributed by atoms with Crippen molar-refractivity contribution in [3.63, 3.8) is 0 Å². The third-order valence-corrected chi connectivity index (χ3v) is 5.56. The lowest BCUT2D eigenvalue weighted by molar-refractivity contribution is 0.113. The minimum absolute atomic E-state index is 0.144. The van der Waals surface area contributed by atoms with Gasteiger partial charge in [-0.05, 0) is 12.8 Å². The highest BCUT2D eigenvalue weighted by Crippen LogP contribution is 2.25. The fraction of sp³-hybridized carbons (Fsp3) is 1.00. The van der Waals surface area contributed by atoms with E-state index in [9.17, 15) is 5.11 Å². The van der Waals surface area contributed by atoms with Crippen LogP contribution in [0.2, 0.25) is 0 Å². The standard InChI is InChI=1S/C15H31NO2S/c16-14-9-7-5-3-1-2-4-6-8-10-15(14)19-12-13(18)11-17/h13-15,17-18H,1-12,16H2. The number of rotatable bonds is 4. The third-order valence-electron chi connectivity index (χ3n) is 3.97. The van der Waals surface area contributed by atoms with E-state index in [4.69, 9.17) is 10.8 Å². The van der Waals surface area contributed by atoms with Crippen LogP contribution in [-0.4, -0.2) is 40.0 Å². The Morgan fingerprint density at radius 1 is 0.947 bits per heavy atom. The zero-order chi connectivity index (χ0) is 13.9. The molecule has 0 aromatic heterocycles. The van der Waals surface area contributed by atoms with E-state index in [-0.39, 0.29) is 12.6 Å². The first-order valence-electron chi connectivity index (χ1n) is 7.90. The van der Waals surface area contributed by atoms with Crippen molar-refractivity contribution in [1.29, 1.82) is 0 Å². The summed E-state index contributed by atoms with van der Waals surface area (Å²) in [6, 6.07) is 0.246. The molecular formula is C15H31NO2S. The Hall–Kier alpha value is 0.230. The highest BCUT2D eigenvalue weighted by molar-refractivity contribution is 8.00. The van der Waals surface area contributed by atoms with Crippen LogP contribution in [0.25, 0.3) is 0 Å². The zero-order valence-corrected chi connectivity index (χ0v) is 12.9. The zero-order valence-electron chi connectivity index (χ0n) is 12.1. The SMILES string of the molecule is NC1CCCCCCCCCCC1SCC(O)CO. The molecule has 4 heteroatoms. The summed E-state index contributed by atoms with van der Waals surface area (Å²) in [5.74, 6) is 0.606. The Morgan fingerprint density at radius 3 is 2.05 bits per heavy atom. The monoisotopic (exact) mass is 289 g/mol. The average Bonchev–Trinajstić information content (AvgIpc) is 2.41. The molecule has 0 heterocycles. The molecule has 4 N–H and O–H groups in total. The van der Waals surface area contributed by atoms with Crippen molar-refractivity contribution in [2.75, 3.05) is 12.4 Å². The van der Waals surface area contributed by atoms with Gasteiger partial charge in [-0.1, -0.05) is 51.4 Å². The van der Waals surface area contributed by atoms with Gasteiger partial charge >= 0.3 is 0 Å². The van der Waals surface area contributed by atoms with E-state index in [0.717, 1.165) is 12.8 Å². The topological polar surface area (TPSA) is 66.5 Å². The van der Waals surface area contributed by atoms with Crippen LogP contribution in [0.15, 0.2) is 0 Å². The predicted molar refractivity (Wildman–Crippen MR) is 83.5 cm³/mol. The molecule has 1 aliphatic rings. The molecule has 0 spiro atoms. The van der Waals surface area contributed by atoms with E-state index in [1.54, 1.807) is 11.8 Å². The Morgan fingerprint density at radius 2 is 1.47 bits per heavy atom. The van der Waals surface area contributed by atoms with Gasteiger partial charge in [0.1, 0.15) is 0 Å². The first kappa shape index (κ1) is 17.3. The Labute approximate surface area is 122 Å². The molecule has 114 valence electrons. The van der Waals surface area contributed by atoms with E-state index < -0.39 is 6.10 Å².